The molecule has 0 saturated carbocycles. The van der Waals surface area contributed by atoms with E-state index in [1.54, 1.807) is 11.8 Å². The zero-order chi connectivity index (χ0) is 26.6. The molecular formula is C31H55N3S. The zero-order valence-corrected chi connectivity index (χ0v) is 25.0. The highest BCUT2D eigenvalue weighted by atomic mass is 32.2. The Bertz CT molecular complexity index is 813. The lowest BCUT2D eigenvalue weighted by molar-refractivity contribution is 0.332. The van der Waals surface area contributed by atoms with Gasteiger partial charge < -0.3 is 16.4 Å². The van der Waals surface area contributed by atoms with Crippen LogP contribution in [0.2, 0.25) is 0 Å². The van der Waals surface area contributed by atoms with Crippen molar-refractivity contribution in [1.29, 1.82) is 0 Å². The summed E-state index contributed by atoms with van der Waals surface area (Å²) in [5, 5.41) is 1.12. The van der Waals surface area contributed by atoms with Crippen LogP contribution in [0, 0.1) is 0 Å². The van der Waals surface area contributed by atoms with E-state index in [-0.39, 0.29) is 10.8 Å². The number of benzene rings is 1. The van der Waals surface area contributed by atoms with Gasteiger partial charge in [-0.25, -0.2) is 0 Å². The Morgan fingerprint density at radius 1 is 0.914 bits per heavy atom. The first-order valence-electron chi connectivity index (χ1n) is 13.9. The van der Waals surface area contributed by atoms with Crippen LogP contribution in [-0.2, 0) is 10.8 Å². The molecular weight excluding hydrogens is 446 g/mol. The van der Waals surface area contributed by atoms with E-state index in [9.17, 15) is 0 Å². The largest absolute Gasteiger partial charge is 0.367 e. The lowest BCUT2D eigenvalue weighted by Crippen LogP contribution is -2.33. The van der Waals surface area contributed by atoms with Crippen molar-refractivity contribution in [1.82, 2.24) is 4.90 Å². The first kappa shape index (κ1) is 31.8. The van der Waals surface area contributed by atoms with Crippen LogP contribution in [0.1, 0.15) is 117 Å². The molecule has 0 saturated heterocycles. The zero-order valence-electron chi connectivity index (χ0n) is 24.2. The second kappa shape index (κ2) is 15.1. The number of rotatable bonds is 12. The number of nitrogens with two attached hydrogens (primary N) is 2. The van der Waals surface area contributed by atoms with Crippen LogP contribution in [0.4, 0.5) is 0 Å². The minimum Gasteiger partial charge on any atom is -0.367 e. The normalized spacial score (nSPS) is 16.5. The third-order valence-corrected chi connectivity index (χ3v) is 8.49. The molecule has 1 aliphatic rings. The maximum atomic E-state index is 6.20. The van der Waals surface area contributed by atoms with Crippen LogP contribution >= 0.6 is 11.8 Å². The number of allylic oxidation sites excluding steroid dienone is 1. The van der Waals surface area contributed by atoms with E-state index >= 15 is 0 Å². The van der Waals surface area contributed by atoms with Gasteiger partial charge in [-0.3, -0.25) is 0 Å². The van der Waals surface area contributed by atoms with Crippen LogP contribution in [-0.4, -0.2) is 31.1 Å². The SMILES string of the molecule is C=C(S/C(CN)=C(\C)c1ccc2c(c1)C(C)(C)CCC2(C)C)N(CCC)CCC.CCCCCN. The molecule has 35 heavy (non-hydrogen) atoms. The van der Waals surface area contributed by atoms with Gasteiger partial charge in [0.15, 0.2) is 0 Å². The minimum absolute atomic E-state index is 0.222. The summed E-state index contributed by atoms with van der Waals surface area (Å²) in [6.45, 7) is 26.3. The topological polar surface area (TPSA) is 55.3 Å². The highest BCUT2D eigenvalue weighted by Gasteiger charge is 2.37. The Labute approximate surface area is 222 Å². The summed E-state index contributed by atoms with van der Waals surface area (Å²) in [6.07, 6.45) is 8.50. The van der Waals surface area contributed by atoms with Gasteiger partial charge >= 0.3 is 0 Å². The second-order valence-corrected chi connectivity index (χ2v) is 12.4. The van der Waals surface area contributed by atoms with Gasteiger partial charge in [0.25, 0.3) is 0 Å². The molecule has 0 fully saturated rings. The molecule has 0 aromatic heterocycles. The molecule has 0 amide bonds. The summed E-state index contributed by atoms with van der Waals surface area (Å²) >= 11 is 1.76. The van der Waals surface area contributed by atoms with E-state index in [0.717, 1.165) is 37.5 Å². The van der Waals surface area contributed by atoms with Gasteiger partial charge in [-0.05, 0) is 78.7 Å². The van der Waals surface area contributed by atoms with E-state index in [2.05, 4.69) is 85.1 Å². The molecule has 0 heterocycles. The van der Waals surface area contributed by atoms with Gasteiger partial charge in [0.1, 0.15) is 0 Å². The van der Waals surface area contributed by atoms with Crippen molar-refractivity contribution in [3.05, 3.63) is 51.4 Å². The van der Waals surface area contributed by atoms with E-state index in [1.807, 2.05) is 0 Å². The lowest BCUT2D eigenvalue weighted by Gasteiger charge is -2.42. The molecule has 0 spiro atoms. The molecule has 1 aromatic rings. The Balaban J connectivity index is 0.000000905. The van der Waals surface area contributed by atoms with Crippen molar-refractivity contribution in [2.24, 2.45) is 11.5 Å². The second-order valence-electron chi connectivity index (χ2n) is 11.3. The van der Waals surface area contributed by atoms with Gasteiger partial charge in [0, 0.05) is 24.5 Å². The Hall–Kier alpha value is -1.23. The summed E-state index contributed by atoms with van der Waals surface area (Å²) in [5.74, 6) is 0. The lowest BCUT2D eigenvalue weighted by atomic mass is 9.63. The molecule has 0 atom stereocenters. The fraction of sp³-hybridized carbons (Fsp3) is 0.677. The van der Waals surface area contributed by atoms with Crippen molar-refractivity contribution < 1.29 is 0 Å². The van der Waals surface area contributed by atoms with Crippen molar-refractivity contribution in [2.75, 3.05) is 26.2 Å². The maximum absolute atomic E-state index is 6.20. The van der Waals surface area contributed by atoms with E-state index in [1.165, 1.54) is 59.3 Å². The Kier molecular flexibility index (Phi) is 13.7. The van der Waals surface area contributed by atoms with E-state index in [0.29, 0.717) is 6.54 Å². The molecule has 3 nitrogen and oxygen atoms in total. The predicted molar refractivity (Wildman–Crippen MR) is 161 cm³/mol. The molecule has 1 aromatic carbocycles. The highest BCUT2D eigenvalue weighted by molar-refractivity contribution is 8.06. The minimum atomic E-state index is 0.222. The molecule has 4 heteroatoms. The average molecular weight is 502 g/mol. The summed E-state index contributed by atoms with van der Waals surface area (Å²) in [5.41, 5.74) is 17.5. The van der Waals surface area contributed by atoms with Crippen LogP contribution in [0.5, 0.6) is 0 Å². The molecule has 0 bridgehead atoms. The maximum Gasteiger partial charge on any atom is 0.0680 e. The predicted octanol–water partition coefficient (Wildman–Crippen LogP) is 8.19. The Morgan fingerprint density at radius 3 is 1.94 bits per heavy atom. The van der Waals surface area contributed by atoms with Crippen molar-refractivity contribution in [3.8, 4) is 0 Å². The number of unbranched alkanes of at least 4 members (excludes halogenated alkanes) is 2. The third-order valence-electron chi connectivity index (χ3n) is 7.28. The first-order chi connectivity index (χ1) is 16.5. The quantitative estimate of drug-likeness (QED) is 0.283. The van der Waals surface area contributed by atoms with Gasteiger partial charge in [-0.2, -0.15) is 0 Å². The average Bonchev–Trinajstić information content (AvgIpc) is 2.83. The fourth-order valence-electron chi connectivity index (χ4n) is 4.76. The summed E-state index contributed by atoms with van der Waals surface area (Å²) < 4.78 is 0. The van der Waals surface area contributed by atoms with E-state index in [4.69, 9.17) is 11.5 Å². The van der Waals surface area contributed by atoms with Gasteiger partial charge in [0.05, 0.1) is 5.03 Å². The smallest absolute Gasteiger partial charge is 0.0680 e. The van der Waals surface area contributed by atoms with Crippen LogP contribution in [0.15, 0.2) is 34.7 Å². The first-order valence-corrected chi connectivity index (χ1v) is 14.7. The molecule has 1 aliphatic carbocycles. The number of nitrogens with zero attached hydrogens (tertiary/aromatic N) is 1. The fourth-order valence-corrected chi connectivity index (χ4v) is 5.71. The highest BCUT2D eigenvalue weighted by Crippen LogP contribution is 2.46. The molecule has 2 rings (SSSR count). The van der Waals surface area contributed by atoms with Crippen molar-refractivity contribution in [2.45, 2.75) is 111 Å². The summed E-state index contributed by atoms with van der Waals surface area (Å²) in [6, 6.07) is 7.09. The number of fused-ring (bicyclic) bond motifs is 1. The molecule has 0 aliphatic heterocycles. The van der Waals surface area contributed by atoms with Gasteiger partial charge in [-0.1, -0.05) is 97.8 Å². The van der Waals surface area contributed by atoms with Crippen molar-refractivity contribution >= 4 is 17.3 Å². The van der Waals surface area contributed by atoms with Crippen LogP contribution in [0.25, 0.3) is 5.57 Å². The summed E-state index contributed by atoms with van der Waals surface area (Å²) in [4.78, 5) is 3.62. The van der Waals surface area contributed by atoms with Gasteiger partial charge in [0.2, 0.25) is 0 Å². The number of thioether (sulfide) groups is 1. The van der Waals surface area contributed by atoms with Crippen molar-refractivity contribution in [3.63, 3.8) is 0 Å². The van der Waals surface area contributed by atoms with Gasteiger partial charge in [-0.15, -0.1) is 0 Å². The Morgan fingerprint density at radius 2 is 1.49 bits per heavy atom. The molecule has 0 radical (unpaired) electrons. The summed E-state index contributed by atoms with van der Waals surface area (Å²) in [7, 11) is 0. The number of hydrogen-bond donors (Lipinski definition) is 2. The number of hydrogen-bond acceptors (Lipinski definition) is 4. The standard InChI is InChI=1S/C26H42N2S.C5H13N/c1-9-15-28(16-10-2)20(4)29-24(18-27)19(3)21-11-12-22-23(17-21)26(7,8)14-13-25(22,5)6;1-2-3-4-5-6/h11-12,17H,4,9-10,13-16,18,27H2,1-3,5-8H3;2-6H2,1H3/b24-19+;. The van der Waals surface area contributed by atoms with Crippen LogP contribution < -0.4 is 11.5 Å². The third kappa shape index (κ3) is 9.30. The molecule has 200 valence electrons. The molecule has 4 N–H and O–H groups in total. The van der Waals surface area contributed by atoms with Crippen LogP contribution in [0.3, 0.4) is 0 Å². The molecule has 0 unspecified atom stereocenters. The van der Waals surface area contributed by atoms with E-state index < -0.39 is 0 Å². The monoisotopic (exact) mass is 501 g/mol.